The fourth-order valence-electron chi connectivity index (χ4n) is 1.30. The molecule has 1 heterocycles. The van der Waals surface area contributed by atoms with Gasteiger partial charge in [0.05, 0.1) is 0 Å². The second-order valence-corrected chi connectivity index (χ2v) is 4.43. The van der Waals surface area contributed by atoms with Crippen LogP contribution in [0.3, 0.4) is 0 Å². The van der Waals surface area contributed by atoms with Crippen LogP contribution in [0.2, 0.25) is 0 Å². The standard InChI is InChI=1S/C8H13N5S/c9-6-11-7(10)13-8(12-6)14-4-5-2-1-3-5/h5H,1-4H2,(H4,9,10,11,12,13). The van der Waals surface area contributed by atoms with Crippen molar-refractivity contribution >= 4 is 23.7 Å². The highest BCUT2D eigenvalue weighted by Gasteiger charge is 2.18. The van der Waals surface area contributed by atoms with Gasteiger partial charge in [-0.25, -0.2) is 0 Å². The van der Waals surface area contributed by atoms with E-state index in [1.165, 1.54) is 19.3 Å². The summed E-state index contributed by atoms with van der Waals surface area (Å²) < 4.78 is 0. The molecule has 1 aromatic heterocycles. The molecule has 2 rings (SSSR count). The number of aromatic nitrogens is 3. The molecule has 4 N–H and O–H groups in total. The fraction of sp³-hybridized carbons (Fsp3) is 0.625. The van der Waals surface area contributed by atoms with E-state index in [0.29, 0.717) is 5.16 Å². The Bertz CT molecular complexity index is 305. The average molecular weight is 211 g/mol. The molecule has 1 aromatic rings. The molecule has 0 spiro atoms. The third-order valence-electron chi connectivity index (χ3n) is 2.32. The lowest BCUT2D eigenvalue weighted by molar-refractivity contribution is 0.353. The molecule has 0 aliphatic heterocycles. The second-order valence-electron chi connectivity index (χ2n) is 3.44. The van der Waals surface area contributed by atoms with Crippen molar-refractivity contribution in [3.63, 3.8) is 0 Å². The first-order valence-corrected chi connectivity index (χ1v) is 5.62. The molecule has 0 unspecified atom stereocenters. The van der Waals surface area contributed by atoms with E-state index in [0.717, 1.165) is 11.7 Å². The van der Waals surface area contributed by atoms with Crippen LogP contribution in [0.1, 0.15) is 19.3 Å². The molecular weight excluding hydrogens is 198 g/mol. The van der Waals surface area contributed by atoms with Crippen molar-refractivity contribution in [2.75, 3.05) is 17.2 Å². The van der Waals surface area contributed by atoms with E-state index in [1.54, 1.807) is 11.8 Å². The summed E-state index contributed by atoms with van der Waals surface area (Å²) in [6.07, 6.45) is 4.00. The van der Waals surface area contributed by atoms with Crippen molar-refractivity contribution in [1.82, 2.24) is 15.0 Å². The number of hydrogen-bond acceptors (Lipinski definition) is 6. The Kier molecular flexibility index (Phi) is 2.72. The molecule has 1 saturated carbocycles. The highest BCUT2D eigenvalue weighted by molar-refractivity contribution is 7.99. The second kappa shape index (κ2) is 4.00. The first-order chi connectivity index (χ1) is 6.74. The molecule has 0 saturated heterocycles. The third kappa shape index (κ3) is 2.25. The summed E-state index contributed by atoms with van der Waals surface area (Å²) in [6, 6.07) is 0. The topological polar surface area (TPSA) is 90.7 Å². The van der Waals surface area contributed by atoms with Crippen LogP contribution in [0.15, 0.2) is 5.16 Å². The quantitative estimate of drug-likeness (QED) is 0.723. The lowest BCUT2D eigenvalue weighted by atomic mass is 9.87. The molecule has 76 valence electrons. The molecule has 1 aliphatic rings. The van der Waals surface area contributed by atoms with Gasteiger partial charge < -0.3 is 11.5 Å². The fourth-order valence-corrected chi connectivity index (χ4v) is 2.34. The minimum Gasteiger partial charge on any atom is -0.368 e. The smallest absolute Gasteiger partial charge is 0.225 e. The summed E-state index contributed by atoms with van der Waals surface area (Å²) in [4.78, 5) is 11.7. The molecule has 0 radical (unpaired) electrons. The Hall–Kier alpha value is -1.04. The van der Waals surface area contributed by atoms with Crippen LogP contribution >= 0.6 is 11.8 Å². The molecular formula is C8H13N5S. The van der Waals surface area contributed by atoms with Crippen molar-refractivity contribution in [2.24, 2.45) is 5.92 Å². The summed E-state index contributed by atoms with van der Waals surface area (Å²) in [5, 5.41) is 0.641. The molecule has 1 fully saturated rings. The van der Waals surface area contributed by atoms with E-state index < -0.39 is 0 Å². The third-order valence-corrected chi connectivity index (χ3v) is 3.40. The molecule has 14 heavy (non-hydrogen) atoms. The highest BCUT2D eigenvalue weighted by atomic mass is 32.2. The van der Waals surface area contributed by atoms with Crippen LogP contribution in [0, 0.1) is 5.92 Å². The van der Waals surface area contributed by atoms with Gasteiger partial charge in [0.2, 0.25) is 11.9 Å². The molecule has 5 nitrogen and oxygen atoms in total. The van der Waals surface area contributed by atoms with Gasteiger partial charge in [-0.05, 0) is 18.8 Å². The van der Waals surface area contributed by atoms with Gasteiger partial charge in [-0.1, -0.05) is 18.2 Å². The zero-order valence-electron chi connectivity index (χ0n) is 7.81. The first-order valence-electron chi connectivity index (χ1n) is 4.64. The largest absolute Gasteiger partial charge is 0.368 e. The molecule has 0 aromatic carbocycles. The Morgan fingerprint density at radius 2 is 1.79 bits per heavy atom. The van der Waals surface area contributed by atoms with Crippen molar-refractivity contribution < 1.29 is 0 Å². The van der Waals surface area contributed by atoms with E-state index in [9.17, 15) is 0 Å². The lowest BCUT2D eigenvalue weighted by Gasteiger charge is -2.24. The first kappa shape index (κ1) is 9.51. The van der Waals surface area contributed by atoms with Crippen LogP contribution in [-0.4, -0.2) is 20.7 Å². The lowest BCUT2D eigenvalue weighted by Crippen LogP contribution is -2.13. The summed E-state index contributed by atoms with van der Waals surface area (Å²) in [7, 11) is 0. The van der Waals surface area contributed by atoms with E-state index >= 15 is 0 Å². The number of rotatable bonds is 3. The van der Waals surface area contributed by atoms with Crippen LogP contribution in [0.5, 0.6) is 0 Å². The van der Waals surface area contributed by atoms with E-state index in [-0.39, 0.29) is 11.9 Å². The van der Waals surface area contributed by atoms with Gasteiger partial charge in [0, 0.05) is 5.75 Å². The van der Waals surface area contributed by atoms with Crippen molar-refractivity contribution in [3.05, 3.63) is 0 Å². The van der Waals surface area contributed by atoms with Crippen LogP contribution < -0.4 is 11.5 Å². The molecule has 0 amide bonds. The number of hydrogen-bond donors (Lipinski definition) is 2. The Labute approximate surface area is 86.7 Å². The predicted octanol–water partition coefficient (Wildman–Crippen LogP) is 0.928. The number of nitrogens with zero attached hydrogens (tertiary/aromatic N) is 3. The van der Waals surface area contributed by atoms with Crippen molar-refractivity contribution in [2.45, 2.75) is 24.4 Å². The van der Waals surface area contributed by atoms with Crippen LogP contribution in [0.25, 0.3) is 0 Å². The van der Waals surface area contributed by atoms with Crippen molar-refractivity contribution in [1.29, 1.82) is 0 Å². The number of thioether (sulfide) groups is 1. The Morgan fingerprint density at radius 1 is 1.14 bits per heavy atom. The monoisotopic (exact) mass is 211 g/mol. The van der Waals surface area contributed by atoms with Gasteiger partial charge in [0.25, 0.3) is 0 Å². The summed E-state index contributed by atoms with van der Waals surface area (Å²) in [6.45, 7) is 0. The number of nitrogen functional groups attached to an aromatic ring is 2. The predicted molar refractivity (Wildman–Crippen MR) is 56.7 cm³/mol. The van der Waals surface area contributed by atoms with Gasteiger partial charge in [-0.15, -0.1) is 0 Å². The van der Waals surface area contributed by atoms with Crippen molar-refractivity contribution in [3.8, 4) is 0 Å². The highest BCUT2D eigenvalue weighted by Crippen LogP contribution is 2.31. The van der Waals surface area contributed by atoms with E-state index in [1.807, 2.05) is 0 Å². The normalized spacial score (nSPS) is 16.6. The minimum absolute atomic E-state index is 0.202. The maximum atomic E-state index is 5.46. The van der Waals surface area contributed by atoms with Gasteiger partial charge in [-0.3, -0.25) is 0 Å². The van der Waals surface area contributed by atoms with Crippen LogP contribution in [-0.2, 0) is 0 Å². The summed E-state index contributed by atoms with van der Waals surface area (Å²) >= 11 is 1.61. The maximum absolute atomic E-state index is 5.46. The number of nitrogens with two attached hydrogens (primary N) is 2. The minimum atomic E-state index is 0.202. The molecule has 6 heteroatoms. The van der Waals surface area contributed by atoms with Gasteiger partial charge in [0.1, 0.15) is 0 Å². The molecule has 0 bridgehead atoms. The molecule has 0 atom stereocenters. The van der Waals surface area contributed by atoms with Crippen LogP contribution in [0.4, 0.5) is 11.9 Å². The number of anilines is 2. The van der Waals surface area contributed by atoms with Gasteiger partial charge in [0.15, 0.2) is 5.16 Å². The SMILES string of the molecule is Nc1nc(N)nc(SCC2CCC2)n1. The van der Waals surface area contributed by atoms with E-state index in [4.69, 9.17) is 11.5 Å². The Morgan fingerprint density at radius 3 is 2.29 bits per heavy atom. The van der Waals surface area contributed by atoms with Gasteiger partial charge in [-0.2, -0.15) is 15.0 Å². The summed E-state index contributed by atoms with van der Waals surface area (Å²) in [5.74, 6) is 2.28. The zero-order valence-corrected chi connectivity index (χ0v) is 8.63. The summed E-state index contributed by atoms with van der Waals surface area (Å²) in [5.41, 5.74) is 10.9. The van der Waals surface area contributed by atoms with E-state index in [2.05, 4.69) is 15.0 Å². The van der Waals surface area contributed by atoms with Gasteiger partial charge >= 0.3 is 0 Å². The zero-order chi connectivity index (χ0) is 9.97. The molecule has 1 aliphatic carbocycles. The average Bonchev–Trinajstić information content (AvgIpc) is 1.99. The Balaban J connectivity index is 1.94. The maximum Gasteiger partial charge on any atom is 0.225 e.